The Hall–Kier alpha value is -2.63. The first-order valence-corrected chi connectivity index (χ1v) is 5.94. The van der Waals surface area contributed by atoms with E-state index in [-0.39, 0.29) is 17.0 Å². The van der Waals surface area contributed by atoms with Crippen LogP contribution in [0.25, 0.3) is 0 Å². The zero-order chi connectivity index (χ0) is 14.7. The molecule has 1 heterocycles. The van der Waals surface area contributed by atoms with E-state index in [0.717, 1.165) is 6.07 Å². The largest absolute Gasteiger partial charge is 0.478 e. The van der Waals surface area contributed by atoms with Crippen molar-refractivity contribution in [3.8, 4) is 0 Å². The molecule has 0 atom stereocenters. The quantitative estimate of drug-likeness (QED) is 0.900. The number of benzene rings is 1. The van der Waals surface area contributed by atoms with Gasteiger partial charge in [0.2, 0.25) is 0 Å². The maximum atomic E-state index is 13.6. The van der Waals surface area contributed by atoms with Gasteiger partial charge in [-0.3, -0.25) is 4.79 Å². The average Bonchev–Trinajstić information content (AvgIpc) is 2.89. The number of carbonyl (C=O) groups excluding carboxylic acids is 1. The van der Waals surface area contributed by atoms with Gasteiger partial charge in [0.1, 0.15) is 11.6 Å². The molecule has 0 aliphatic rings. The van der Waals surface area contributed by atoms with Crippen LogP contribution in [-0.2, 0) is 6.42 Å². The van der Waals surface area contributed by atoms with Gasteiger partial charge in [0.15, 0.2) is 5.76 Å². The Morgan fingerprint density at radius 1 is 1.30 bits per heavy atom. The Morgan fingerprint density at radius 3 is 2.65 bits per heavy atom. The van der Waals surface area contributed by atoms with E-state index in [9.17, 15) is 14.0 Å². The third-order valence-electron chi connectivity index (χ3n) is 2.72. The van der Waals surface area contributed by atoms with Crippen LogP contribution in [0.5, 0.6) is 0 Å². The number of carboxylic acids is 1. The second kappa shape index (κ2) is 5.56. The summed E-state index contributed by atoms with van der Waals surface area (Å²) < 4.78 is 18.9. The molecule has 1 aromatic carbocycles. The Bertz CT molecular complexity index is 663. The maximum absolute atomic E-state index is 13.6. The summed E-state index contributed by atoms with van der Waals surface area (Å²) in [6.45, 7) is 1.86. The third-order valence-corrected chi connectivity index (χ3v) is 2.72. The molecule has 0 saturated carbocycles. The standard InChI is InChI=1S/C14H12FNO4/c1-2-8-6-7-11(20-8)13(17)16-12-9(14(18)19)4-3-5-10(12)15/h3-7H,2H2,1H3,(H,16,17)(H,18,19). The lowest BCUT2D eigenvalue weighted by Crippen LogP contribution is -2.15. The number of furan rings is 1. The second-order valence-electron chi connectivity index (χ2n) is 4.04. The van der Waals surface area contributed by atoms with Crippen LogP contribution in [0.2, 0.25) is 0 Å². The van der Waals surface area contributed by atoms with Crippen LogP contribution in [0.1, 0.15) is 33.6 Å². The molecule has 5 nitrogen and oxygen atoms in total. The molecule has 0 aliphatic heterocycles. The van der Waals surface area contributed by atoms with Crippen LogP contribution in [0.3, 0.4) is 0 Å². The minimum atomic E-state index is -1.33. The summed E-state index contributed by atoms with van der Waals surface area (Å²) >= 11 is 0. The molecule has 0 radical (unpaired) electrons. The minimum absolute atomic E-state index is 0.00134. The van der Waals surface area contributed by atoms with E-state index in [1.165, 1.54) is 18.2 Å². The first-order chi connectivity index (χ1) is 9.52. The van der Waals surface area contributed by atoms with E-state index in [1.807, 2.05) is 6.92 Å². The average molecular weight is 277 g/mol. The molecule has 2 N–H and O–H groups in total. The monoisotopic (exact) mass is 277 g/mol. The Labute approximate surface area is 114 Å². The lowest BCUT2D eigenvalue weighted by atomic mass is 10.1. The van der Waals surface area contributed by atoms with Crippen LogP contribution < -0.4 is 5.32 Å². The van der Waals surface area contributed by atoms with Crippen LogP contribution in [-0.4, -0.2) is 17.0 Å². The fourth-order valence-corrected chi connectivity index (χ4v) is 1.69. The van der Waals surface area contributed by atoms with Crippen molar-refractivity contribution in [3.63, 3.8) is 0 Å². The summed E-state index contributed by atoms with van der Waals surface area (Å²) in [7, 11) is 0. The number of aromatic carboxylic acids is 1. The molecule has 104 valence electrons. The number of rotatable bonds is 4. The highest BCUT2D eigenvalue weighted by molar-refractivity contribution is 6.06. The zero-order valence-corrected chi connectivity index (χ0v) is 10.6. The summed E-state index contributed by atoms with van der Waals surface area (Å²) in [5, 5.41) is 11.2. The van der Waals surface area contributed by atoms with Crippen molar-refractivity contribution < 1.29 is 23.5 Å². The van der Waals surface area contributed by atoms with Gasteiger partial charge in [-0.25, -0.2) is 9.18 Å². The van der Waals surface area contributed by atoms with E-state index in [0.29, 0.717) is 12.2 Å². The number of halogens is 1. The van der Waals surface area contributed by atoms with Crippen LogP contribution in [0.15, 0.2) is 34.7 Å². The van der Waals surface area contributed by atoms with Crippen molar-refractivity contribution in [1.29, 1.82) is 0 Å². The topological polar surface area (TPSA) is 79.5 Å². The highest BCUT2D eigenvalue weighted by Crippen LogP contribution is 2.21. The number of hydrogen-bond acceptors (Lipinski definition) is 3. The maximum Gasteiger partial charge on any atom is 0.337 e. The van der Waals surface area contributed by atoms with E-state index < -0.39 is 17.7 Å². The summed E-state index contributed by atoms with van der Waals surface area (Å²) in [5.74, 6) is -2.23. The van der Waals surface area contributed by atoms with Crippen molar-refractivity contribution in [2.24, 2.45) is 0 Å². The predicted octanol–water partition coefficient (Wildman–Crippen LogP) is 2.93. The van der Waals surface area contributed by atoms with Gasteiger partial charge < -0.3 is 14.8 Å². The highest BCUT2D eigenvalue weighted by Gasteiger charge is 2.19. The van der Waals surface area contributed by atoms with Crippen molar-refractivity contribution >= 4 is 17.6 Å². The smallest absolute Gasteiger partial charge is 0.337 e. The SMILES string of the molecule is CCc1ccc(C(=O)Nc2c(F)cccc2C(=O)O)o1. The molecule has 1 amide bonds. The van der Waals surface area contributed by atoms with Crippen molar-refractivity contribution in [1.82, 2.24) is 0 Å². The molecule has 2 aromatic rings. The van der Waals surface area contributed by atoms with Crippen LogP contribution in [0, 0.1) is 5.82 Å². The summed E-state index contributed by atoms with van der Waals surface area (Å²) in [6, 6.07) is 6.63. The van der Waals surface area contributed by atoms with Gasteiger partial charge in [0.25, 0.3) is 5.91 Å². The predicted molar refractivity (Wildman–Crippen MR) is 69.4 cm³/mol. The molecule has 0 saturated heterocycles. The molecule has 0 spiro atoms. The van der Waals surface area contributed by atoms with E-state index in [2.05, 4.69) is 5.32 Å². The Balaban J connectivity index is 2.30. The van der Waals surface area contributed by atoms with Gasteiger partial charge in [-0.1, -0.05) is 13.0 Å². The molecule has 0 unspecified atom stereocenters. The molecule has 0 aliphatic carbocycles. The number of para-hydroxylation sites is 1. The fraction of sp³-hybridized carbons (Fsp3) is 0.143. The fourth-order valence-electron chi connectivity index (χ4n) is 1.69. The minimum Gasteiger partial charge on any atom is -0.478 e. The number of carbonyl (C=O) groups is 2. The van der Waals surface area contributed by atoms with Gasteiger partial charge in [-0.15, -0.1) is 0 Å². The van der Waals surface area contributed by atoms with Gasteiger partial charge >= 0.3 is 5.97 Å². The first-order valence-electron chi connectivity index (χ1n) is 5.94. The molecular weight excluding hydrogens is 265 g/mol. The molecule has 2 rings (SSSR count). The summed E-state index contributed by atoms with van der Waals surface area (Å²) in [5.41, 5.74) is -0.694. The number of anilines is 1. The van der Waals surface area contributed by atoms with Gasteiger partial charge in [0.05, 0.1) is 11.3 Å². The van der Waals surface area contributed by atoms with Crippen LogP contribution >= 0.6 is 0 Å². The van der Waals surface area contributed by atoms with Crippen LogP contribution in [0.4, 0.5) is 10.1 Å². The highest BCUT2D eigenvalue weighted by atomic mass is 19.1. The summed E-state index contributed by atoms with van der Waals surface area (Å²) in [4.78, 5) is 22.9. The van der Waals surface area contributed by atoms with Crippen molar-refractivity contribution in [3.05, 3.63) is 53.2 Å². The molecule has 0 fully saturated rings. The number of nitrogens with one attached hydrogen (secondary N) is 1. The van der Waals surface area contributed by atoms with E-state index in [4.69, 9.17) is 9.52 Å². The zero-order valence-electron chi connectivity index (χ0n) is 10.6. The third kappa shape index (κ3) is 2.69. The number of amides is 1. The van der Waals surface area contributed by atoms with Gasteiger partial charge in [0, 0.05) is 6.42 Å². The van der Waals surface area contributed by atoms with Crippen molar-refractivity contribution in [2.45, 2.75) is 13.3 Å². The molecule has 6 heteroatoms. The lowest BCUT2D eigenvalue weighted by molar-refractivity contribution is 0.0697. The molecule has 20 heavy (non-hydrogen) atoms. The second-order valence-corrected chi connectivity index (χ2v) is 4.04. The van der Waals surface area contributed by atoms with E-state index in [1.54, 1.807) is 6.07 Å². The van der Waals surface area contributed by atoms with Crippen molar-refractivity contribution in [2.75, 3.05) is 5.32 Å². The Morgan fingerprint density at radius 2 is 2.05 bits per heavy atom. The number of carboxylic acid groups (broad SMARTS) is 1. The molecular formula is C14H12FNO4. The number of hydrogen-bond donors (Lipinski definition) is 2. The Kier molecular flexibility index (Phi) is 3.84. The first kappa shape index (κ1) is 13.8. The lowest BCUT2D eigenvalue weighted by Gasteiger charge is -2.08. The number of aryl methyl sites for hydroxylation is 1. The van der Waals surface area contributed by atoms with Gasteiger partial charge in [-0.2, -0.15) is 0 Å². The van der Waals surface area contributed by atoms with E-state index >= 15 is 0 Å². The summed E-state index contributed by atoms with van der Waals surface area (Å²) in [6.07, 6.45) is 0.618. The molecule has 1 aromatic heterocycles. The molecule has 0 bridgehead atoms. The normalized spacial score (nSPS) is 10.3. The van der Waals surface area contributed by atoms with Gasteiger partial charge in [-0.05, 0) is 24.3 Å².